The van der Waals surface area contributed by atoms with Crippen LogP contribution in [0.5, 0.6) is 0 Å². The van der Waals surface area contributed by atoms with Gasteiger partial charge >= 0.3 is 0 Å². The fourth-order valence-electron chi connectivity index (χ4n) is 2.62. The molecule has 0 radical (unpaired) electrons. The molecule has 0 aromatic heterocycles. The second-order valence-corrected chi connectivity index (χ2v) is 8.23. The molecule has 0 amide bonds. The highest BCUT2D eigenvalue weighted by Gasteiger charge is 2.29. The normalized spacial score (nSPS) is 16.4. The number of halogens is 3. The molecule has 0 spiro atoms. The van der Waals surface area contributed by atoms with Crippen molar-refractivity contribution in [3.05, 3.63) is 58.3 Å². The Balaban J connectivity index is 1.73. The maximum absolute atomic E-state index is 13.2. The molecule has 2 aromatic rings. The van der Waals surface area contributed by atoms with E-state index in [9.17, 15) is 12.8 Å². The van der Waals surface area contributed by atoms with Gasteiger partial charge in [-0.25, -0.2) is 12.8 Å². The zero-order valence-electron chi connectivity index (χ0n) is 12.6. The maximum Gasteiger partial charge on any atom is 0.243 e. The predicted octanol–water partition coefficient (Wildman–Crippen LogP) is 3.64. The van der Waals surface area contributed by atoms with E-state index in [1.54, 1.807) is 12.1 Å². The summed E-state index contributed by atoms with van der Waals surface area (Å²) in [5.41, 5.74) is 1.00. The van der Waals surface area contributed by atoms with Crippen LogP contribution in [0, 0.1) is 5.82 Å². The van der Waals surface area contributed by atoms with E-state index >= 15 is 0 Å². The van der Waals surface area contributed by atoms with Crippen LogP contribution < -0.4 is 4.90 Å². The summed E-state index contributed by atoms with van der Waals surface area (Å²) in [5.74, 6) is -0.636. The molecule has 0 atom stereocenters. The van der Waals surface area contributed by atoms with E-state index < -0.39 is 15.8 Å². The highest BCUT2D eigenvalue weighted by atomic mass is 35.5. The third-order valence-electron chi connectivity index (χ3n) is 3.96. The Kier molecular flexibility index (Phi) is 5.01. The van der Waals surface area contributed by atoms with Crippen molar-refractivity contribution in [2.75, 3.05) is 31.1 Å². The Hall–Kier alpha value is -1.34. The Bertz CT molecular complexity index is 836. The van der Waals surface area contributed by atoms with Crippen molar-refractivity contribution in [1.82, 2.24) is 4.31 Å². The summed E-state index contributed by atoms with van der Waals surface area (Å²) in [4.78, 5) is 2.11. The van der Waals surface area contributed by atoms with Gasteiger partial charge in [0.2, 0.25) is 10.0 Å². The molecule has 0 bridgehead atoms. The minimum atomic E-state index is -3.68. The molecule has 0 unspecified atom stereocenters. The van der Waals surface area contributed by atoms with Crippen molar-refractivity contribution in [3.8, 4) is 0 Å². The summed E-state index contributed by atoms with van der Waals surface area (Å²) in [7, 11) is -3.68. The number of nitrogens with zero attached hydrogens (tertiary/aromatic N) is 2. The molecule has 3 rings (SSSR count). The van der Waals surface area contributed by atoms with Crippen molar-refractivity contribution in [2.24, 2.45) is 0 Å². The monoisotopic (exact) mass is 388 g/mol. The molecule has 1 aliphatic rings. The quantitative estimate of drug-likeness (QED) is 0.805. The van der Waals surface area contributed by atoms with Crippen LogP contribution in [-0.4, -0.2) is 38.9 Å². The van der Waals surface area contributed by atoms with Gasteiger partial charge in [0, 0.05) is 36.9 Å². The lowest BCUT2D eigenvalue weighted by Crippen LogP contribution is -2.48. The van der Waals surface area contributed by atoms with Crippen molar-refractivity contribution in [1.29, 1.82) is 0 Å². The summed E-state index contributed by atoms with van der Waals surface area (Å²) in [6.07, 6.45) is 0. The van der Waals surface area contributed by atoms with E-state index in [1.165, 1.54) is 10.4 Å². The molecule has 128 valence electrons. The summed E-state index contributed by atoms with van der Waals surface area (Å²) in [6.45, 7) is 1.82. The largest absolute Gasteiger partial charge is 0.369 e. The zero-order valence-corrected chi connectivity index (χ0v) is 15.0. The van der Waals surface area contributed by atoms with Gasteiger partial charge in [-0.1, -0.05) is 23.2 Å². The third kappa shape index (κ3) is 3.52. The van der Waals surface area contributed by atoms with Gasteiger partial charge < -0.3 is 4.90 Å². The first-order chi connectivity index (χ1) is 11.4. The van der Waals surface area contributed by atoms with Crippen LogP contribution in [0.3, 0.4) is 0 Å². The number of rotatable bonds is 3. The van der Waals surface area contributed by atoms with Gasteiger partial charge in [-0.3, -0.25) is 0 Å². The summed E-state index contributed by atoms with van der Waals surface area (Å²) >= 11 is 11.6. The van der Waals surface area contributed by atoms with Crippen LogP contribution in [0.2, 0.25) is 10.0 Å². The molecular formula is C16H15Cl2FN2O2S. The van der Waals surface area contributed by atoms with Gasteiger partial charge in [0.25, 0.3) is 0 Å². The van der Waals surface area contributed by atoms with Gasteiger partial charge in [0.05, 0.1) is 9.92 Å². The van der Waals surface area contributed by atoms with E-state index in [0.29, 0.717) is 31.2 Å². The topological polar surface area (TPSA) is 40.6 Å². The van der Waals surface area contributed by atoms with Crippen molar-refractivity contribution in [2.45, 2.75) is 4.90 Å². The molecule has 0 N–H and O–H groups in total. The summed E-state index contributed by atoms with van der Waals surface area (Å²) in [5, 5.41) is 0.462. The molecule has 0 saturated carbocycles. The van der Waals surface area contributed by atoms with E-state index in [4.69, 9.17) is 23.2 Å². The highest BCUT2D eigenvalue weighted by Crippen LogP contribution is 2.25. The Morgan fingerprint density at radius 2 is 1.54 bits per heavy atom. The molecule has 24 heavy (non-hydrogen) atoms. The molecule has 1 heterocycles. The molecular weight excluding hydrogens is 374 g/mol. The first kappa shape index (κ1) is 17.5. The number of hydrogen-bond donors (Lipinski definition) is 0. The Morgan fingerprint density at radius 1 is 0.917 bits per heavy atom. The number of piperazine rings is 1. The number of hydrogen-bond acceptors (Lipinski definition) is 3. The fourth-order valence-corrected chi connectivity index (χ4v) is 4.45. The van der Waals surface area contributed by atoms with E-state index in [-0.39, 0.29) is 9.92 Å². The smallest absolute Gasteiger partial charge is 0.243 e. The average molecular weight is 389 g/mol. The molecule has 1 aliphatic heterocycles. The van der Waals surface area contributed by atoms with Crippen LogP contribution in [0.15, 0.2) is 47.4 Å². The number of sulfonamides is 1. The van der Waals surface area contributed by atoms with Crippen LogP contribution in [0.25, 0.3) is 0 Å². The van der Waals surface area contributed by atoms with Crippen LogP contribution in [0.4, 0.5) is 10.1 Å². The zero-order chi connectivity index (χ0) is 17.3. The van der Waals surface area contributed by atoms with Gasteiger partial charge in [0.15, 0.2) is 0 Å². The second kappa shape index (κ2) is 6.88. The molecule has 1 fully saturated rings. The minimum Gasteiger partial charge on any atom is -0.369 e. The maximum atomic E-state index is 13.2. The van der Waals surface area contributed by atoms with Crippen LogP contribution in [-0.2, 0) is 10.0 Å². The summed E-state index contributed by atoms with van der Waals surface area (Å²) in [6, 6.07) is 10.9. The van der Waals surface area contributed by atoms with Gasteiger partial charge in [0.1, 0.15) is 5.82 Å². The lowest BCUT2D eigenvalue weighted by molar-refractivity contribution is 0.385. The molecule has 8 heteroatoms. The van der Waals surface area contributed by atoms with E-state index in [0.717, 1.165) is 17.8 Å². The third-order valence-corrected chi connectivity index (χ3v) is 6.40. The summed E-state index contributed by atoms with van der Waals surface area (Å²) < 4.78 is 39.9. The average Bonchev–Trinajstić information content (AvgIpc) is 2.58. The molecule has 2 aromatic carbocycles. The fraction of sp³-hybridized carbons (Fsp3) is 0.250. The highest BCUT2D eigenvalue weighted by molar-refractivity contribution is 7.89. The van der Waals surface area contributed by atoms with Crippen LogP contribution in [0.1, 0.15) is 0 Å². The standard InChI is InChI=1S/C16H15Cl2FN2O2S/c17-12-1-3-13(4-2-12)20-7-9-21(10-8-20)24(22,23)14-5-6-16(19)15(18)11-14/h1-6,11H,7-10H2. The van der Waals surface area contributed by atoms with Crippen molar-refractivity contribution >= 4 is 38.9 Å². The SMILES string of the molecule is O=S(=O)(c1ccc(F)c(Cl)c1)N1CCN(c2ccc(Cl)cc2)CC1. The Labute approximate surface area is 150 Å². The molecule has 1 saturated heterocycles. The number of anilines is 1. The minimum absolute atomic E-state index is 0.00819. The first-order valence-corrected chi connectivity index (χ1v) is 9.53. The lowest BCUT2D eigenvalue weighted by atomic mass is 10.2. The van der Waals surface area contributed by atoms with E-state index in [2.05, 4.69) is 4.90 Å². The predicted molar refractivity (Wildman–Crippen MR) is 93.8 cm³/mol. The molecule has 4 nitrogen and oxygen atoms in total. The van der Waals surface area contributed by atoms with E-state index in [1.807, 2.05) is 12.1 Å². The first-order valence-electron chi connectivity index (χ1n) is 7.33. The van der Waals surface area contributed by atoms with Crippen LogP contribution >= 0.6 is 23.2 Å². The molecule has 0 aliphatic carbocycles. The van der Waals surface area contributed by atoms with Gasteiger partial charge in [-0.15, -0.1) is 0 Å². The van der Waals surface area contributed by atoms with Crippen molar-refractivity contribution in [3.63, 3.8) is 0 Å². The van der Waals surface area contributed by atoms with Crippen molar-refractivity contribution < 1.29 is 12.8 Å². The van der Waals surface area contributed by atoms with Gasteiger partial charge in [-0.2, -0.15) is 4.31 Å². The lowest BCUT2D eigenvalue weighted by Gasteiger charge is -2.35. The Morgan fingerprint density at radius 3 is 2.12 bits per heavy atom. The number of benzene rings is 2. The van der Waals surface area contributed by atoms with Gasteiger partial charge in [-0.05, 0) is 42.5 Å². The second-order valence-electron chi connectivity index (χ2n) is 5.44.